The Morgan fingerprint density at radius 3 is 2.41 bits per heavy atom. The Kier molecular flexibility index (Phi) is 5.71. The van der Waals surface area contributed by atoms with Crippen molar-refractivity contribution in [2.24, 2.45) is 7.05 Å². The molecule has 0 bridgehead atoms. The normalized spacial score (nSPS) is 11.8. The van der Waals surface area contributed by atoms with Crippen LogP contribution in [0.4, 0.5) is 5.69 Å². The van der Waals surface area contributed by atoms with Crippen molar-refractivity contribution < 1.29 is 9.59 Å². The van der Waals surface area contributed by atoms with Crippen molar-refractivity contribution in [3.63, 3.8) is 0 Å². The van der Waals surface area contributed by atoms with Gasteiger partial charge in [0.1, 0.15) is 0 Å². The number of nitrogens with zero attached hydrogens (tertiary/aromatic N) is 3. The monoisotopic (exact) mass is 380 g/mol. The van der Waals surface area contributed by atoms with E-state index in [2.05, 4.69) is 15.5 Å². The molecule has 0 aliphatic carbocycles. The molecule has 0 aliphatic heterocycles. The van der Waals surface area contributed by atoms with Crippen LogP contribution in [0.15, 0.2) is 59.8 Å². The fourth-order valence-corrected chi connectivity index (χ4v) is 3.42. The van der Waals surface area contributed by atoms with E-state index in [4.69, 9.17) is 0 Å². The Bertz CT molecular complexity index is 969. The SMILES string of the molecule is CC(=O)c1ccccc1NC(=O)C(C)Sc1nnc(-c2ccccc2)n1C. The molecule has 1 atom stereocenters. The van der Waals surface area contributed by atoms with Crippen molar-refractivity contribution in [1.82, 2.24) is 14.8 Å². The Hall–Kier alpha value is -2.93. The van der Waals surface area contributed by atoms with Gasteiger partial charge in [0.15, 0.2) is 16.8 Å². The molecule has 0 aliphatic rings. The molecule has 27 heavy (non-hydrogen) atoms. The van der Waals surface area contributed by atoms with Crippen molar-refractivity contribution in [2.45, 2.75) is 24.3 Å². The lowest BCUT2D eigenvalue weighted by atomic mass is 10.1. The predicted octanol–water partition coefficient (Wildman–Crippen LogP) is 3.80. The summed E-state index contributed by atoms with van der Waals surface area (Å²) in [5.74, 6) is 0.456. The number of carbonyl (C=O) groups excluding carboxylic acids is 2. The van der Waals surface area contributed by atoms with Gasteiger partial charge in [0.05, 0.1) is 10.9 Å². The number of Topliss-reactive ketones (excluding diaryl/α,β-unsaturated/α-hetero) is 1. The molecule has 1 amide bonds. The largest absolute Gasteiger partial charge is 0.324 e. The third-order valence-electron chi connectivity index (χ3n) is 4.08. The number of benzene rings is 2. The third-order valence-corrected chi connectivity index (χ3v) is 5.22. The van der Waals surface area contributed by atoms with Gasteiger partial charge in [-0.25, -0.2) is 0 Å². The zero-order valence-corrected chi connectivity index (χ0v) is 16.2. The van der Waals surface area contributed by atoms with Crippen LogP contribution in [-0.4, -0.2) is 31.7 Å². The molecule has 0 saturated heterocycles. The smallest absolute Gasteiger partial charge is 0.237 e. The van der Waals surface area contributed by atoms with E-state index in [9.17, 15) is 9.59 Å². The highest BCUT2D eigenvalue weighted by molar-refractivity contribution is 8.00. The summed E-state index contributed by atoms with van der Waals surface area (Å²) >= 11 is 1.32. The molecule has 1 aromatic heterocycles. The second kappa shape index (κ2) is 8.18. The van der Waals surface area contributed by atoms with Crippen molar-refractivity contribution in [3.05, 3.63) is 60.2 Å². The molecule has 1 heterocycles. The maximum atomic E-state index is 12.6. The standard InChI is InChI=1S/C20H20N4O2S/c1-13(25)16-11-7-8-12-17(16)21-19(26)14(2)27-20-23-22-18(24(20)3)15-9-5-4-6-10-15/h4-12,14H,1-3H3,(H,21,26). The number of ketones is 1. The summed E-state index contributed by atoms with van der Waals surface area (Å²) < 4.78 is 1.87. The maximum absolute atomic E-state index is 12.6. The summed E-state index contributed by atoms with van der Waals surface area (Å²) in [5, 5.41) is 11.5. The Morgan fingerprint density at radius 1 is 1.04 bits per heavy atom. The number of carbonyl (C=O) groups is 2. The number of thioether (sulfide) groups is 1. The molecule has 3 rings (SSSR count). The average Bonchev–Trinajstić information content (AvgIpc) is 3.03. The lowest BCUT2D eigenvalue weighted by Crippen LogP contribution is -2.23. The van der Waals surface area contributed by atoms with Crippen molar-refractivity contribution >= 4 is 29.1 Å². The van der Waals surface area contributed by atoms with Crippen LogP contribution in [-0.2, 0) is 11.8 Å². The summed E-state index contributed by atoms with van der Waals surface area (Å²) in [4.78, 5) is 24.3. The first-order chi connectivity index (χ1) is 13.0. The topological polar surface area (TPSA) is 76.9 Å². The molecule has 0 spiro atoms. The number of hydrogen-bond acceptors (Lipinski definition) is 5. The number of nitrogens with one attached hydrogen (secondary N) is 1. The summed E-state index contributed by atoms with van der Waals surface area (Å²) in [5.41, 5.74) is 1.98. The minimum absolute atomic E-state index is 0.0907. The number of anilines is 1. The summed E-state index contributed by atoms with van der Waals surface area (Å²) in [6.07, 6.45) is 0. The fraction of sp³-hybridized carbons (Fsp3) is 0.200. The third kappa shape index (κ3) is 4.25. The predicted molar refractivity (Wildman–Crippen MR) is 107 cm³/mol. The van der Waals surface area contributed by atoms with Crippen molar-refractivity contribution in [1.29, 1.82) is 0 Å². The van der Waals surface area contributed by atoms with Crippen LogP contribution in [0.5, 0.6) is 0 Å². The van der Waals surface area contributed by atoms with E-state index in [-0.39, 0.29) is 11.7 Å². The minimum atomic E-state index is -0.406. The average molecular weight is 380 g/mol. The lowest BCUT2D eigenvalue weighted by molar-refractivity contribution is -0.115. The first kappa shape index (κ1) is 18.8. The van der Waals surface area contributed by atoms with Crippen LogP contribution in [0.2, 0.25) is 0 Å². The zero-order chi connectivity index (χ0) is 19.4. The van der Waals surface area contributed by atoms with Gasteiger partial charge in [-0.05, 0) is 26.0 Å². The first-order valence-electron chi connectivity index (χ1n) is 8.49. The van der Waals surface area contributed by atoms with E-state index in [0.29, 0.717) is 16.4 Å². The molecular weight excluding hydrogens is 360 g/mol. The maximum Gasteiger partial charge on any atom is 0.237 e. The van der Waals surface area contributed by atoms with Gasteiger partial charge in [-0.15, -0.1) is 10.2 Å². The Labute approximate surface area is 162 Å². The molecule has 1 N–H and O–H groups in total. The van der Waals surface area contributed by atoms with Gasteiger partial charge in [-0.3, -0.25) is 9.59 Å². The van der Waals surface area contributed by atoms with Crippen LogP contribution in [0, 0.1) is 0 Å². The summed E-state index contributed by atoms with van der Waals surface area (Å²) in [7, 11) is 1.88. The van der Waals surface area contributed by atoms with Crippen LogP contribution < -0.4 is 5.32 Å². The summed E-state index contributed by atoms with van der Waals surface area (Å²) in [6.45, 7) is 3.28. The Morgan fingerprint density at radius 2 is 1.70 bits per heavy atom. The number of hydrogen-bond donors (Lipinski definition) is 1. The molecule has 138 valence electrons. The highest BCUT2D eigenvalue weighted by Gasteiger charge is 2.20. The first-order valence-corrected chi connectivity index (χ1v) is 9.37. The fourth-order valence-electron chi connectivity index (χ4n) is 2.60. The van der Waals surface area contributed by atoms with Crippen LogP contribution >= 0.6 is 11.8 Å². The second-order valence-corrected chi connectivity index (χ2v) is 7.39. The van der Waals surface area contributed by atoms with Crippen LogP contribution in [0.25, 0.3) is 11.4 Å². The summed E-state index contributed by atoms with van der Waals surface area (Å²) in [6, 6.07) is 16.7. The zero-order valence-electron chi connectivity index (χ0n) is 15.3. The van der Waals surface area contributed by atoms with Gasteiger partial charge in [0.25, 0.3) is 0 Å². The number of para-hydroxylation sites is 1. The molecule has 2 aromatic carbocycles. The van der Waals surface area contributed by atoms with Crippen molar-refractivity contribution in [2.75, 3.05) is 5.32 Å². The molecule has 3 aromatic rings. The van der Waals surface area contributed by atoms with E-state index in [1.165, 1.54) is 18.7 Å². The van der Waals surface area contributed by atoms with Gasteiger partial charge in [0.2, 0.25) is 5.91 Å². The highest BCUT2D eigenvalue weighted by atomic mass is 32.2. The number of aromatic nitrogens is 3. The molecule has 6 nitrogen and oxygen atoms in total. The van der Waals surface area contributed by atoms with E-state index in [1.807, 2.05) is 41.9 Å². The minimum Gasteiger partial charge on any atom is -0.324 e. The van der Waals surface area contributed by atoms with Crippen LogP contribution in [0.1, 0.15) is 24.2 Å². The Balaban J connectivity index is 1.73. The quantitative estimate of drug-likeness (QED) is 0.520. The van der Waals surface area contributed by atoms with E-state index < -0.39 is 5.25 Å². The van der Waals surface area contributed by atoms with E-state index in [1.54, 1.807) is 31.2 Å². The van der Waals surface area contributed by atoms with Gasteiger partial charge >= 0.3 is 0 Å². The molecule has 0 saturated carbocycles. The van der Waals surface area contributed by atoms with Crippen molar-refractivity contribution in [3.8, 4) is 11.4 Å². The van der Waals surface area contributed by atoms with E-state index >= 15 is 0 Å². The van der Waals surface area contributed by atoms with Gasteiger partial charge < -0.3 is 9.88 Å². The van der Waals surface area contributed by atoms with E-state index in [0.717, 1.165) is 11.4 Å². The van der Waals surface area contributed by atoms with Crippen LogP contribution in [0.3, 0.4) is 0 Å². The second-order valence-electron chi connectivity index (χ2n) is 6.08. The van der Waals surface area contributed by atoms with Gasteiger partial charge in [0, 0.05) is 18.2 Å². The molecule has 0 fully saturated rings. The molecule has 0 radical (unpaired) electrons. The van der Waals surface area contributed by atoms with Gasteiger partial charge in [-0.1, -0.05) is 54.2 Å². The molecular formula is C20H20N4O2S. The van der Waals surface area contributed by atoms with Gasteiger partial charge in [-0.2, -0.15) is 0 Å². The molecule has 1 unspecified atom stereocenters. The number of amides is 1. The molecule has 7 heteroatoms. The lowest BCUT2D eigenvalue weighted by Gasteiger charge is -2.13. The number of rotatable bonds is 6. The highest BCUT2D eigenvalue weighted by Crippen LogP contribution is 2.26.